The summed E-state index contributed by atoms with van der Waals surface area (Å²) in [7, 11) is 0. The maximum atomic E-state index is 12.9. The van der Waals surface area contributed by atoms with Gasteiger partial charge in [-0.25, -0.2) is 0 Å². The zero-order chi connectivity index (χ0) is 38.1. The third-order valence-electron chi connectivity index (χ3n) is 9.28. The third-order valence-corrected chi connectivity index (χ3v) is 10.5. The number of hydrogen-bond donors (Lipinski definition) is 3. The van der Waals surface area contributed by atoms with Crippen LogP contribution >= 0.6 is 11.3 Å². The summed E-state index contributed by atoms with van der Waals surface area (Å²) >= 11 is 1.51. The molecule has 0 aliphatic carbocycles. The molecule has 0 radical (unpaired) electrons. The molecule has 1 saturated heterocycles. The van der Waals surface area contributed by atoms with Gasteiger partial charge < -0.3 is 38.8 Å². The van der Waals surface area contributed by atoms with Crippen LogP contribution in [0.15, 0.2) is 84.9 Å². The van der Waals surface area contributed by atoms with E-state index in [4.69, 9.17) is 23.7 Å². The fourth-order valence-electron chi connectivity index (χ4n) is 6.50. The lowest BCUT2D eigenvalue weighted by atomic mass is 10.0. The fourth-order valence-corrected chi connectivity index (χ4v) is 7.67. The van der Waals surface area contributed by atoms with E-state index >= 15 is 0 Å². The van der Waals surface area contributed by atoms with E-state index in [1.165, 1.54) is 16.2 Å². The Bertz CT molecular complexity index is 2130. The second-order valence-electron chi connectivity index (χ2n) is 13.3. The van der Waals surface area contributed by atoms with E-state index in [0.717, 1.165) is 44.7 Å². The van der Waals surface area contributed by atoms with Gasteiger partial charge in [0.1, 0.15) is 34.8 Å². The number of hydrogen-bond acceptors (Lipinski definition) is 11. The van der Waals surface area contributed by atoms with Crippen molar-refractivity contribution in [1.29, 1.82) is 0 Å². The van der Waals surface area contributed by atoms with Crippen LogP contribution in [0.2, 0.25) is 0 Å². The molecule has 0 bridgehead atoms. The summed E-state index contributed by atoms with van der Waals surface area (Å²) in [5.74, 6) is 2.17. The molecule has 7 rings (SSSR count). The summed E-state index contributed by atoms with van der Waals surface area (Å²) in [6.45, 7) is 3.60. The molecule has 2 aliphatic rings. The van der Waals surface area contributed by atoms with Crippen molar-refractivity contribution in [2.75, 3.05) is 39.6 Å². The van der Waals surface area contributed by atoms with Gasteiger partial charge in [0.2, 0.25) is 11.8 Å². The number of carbonyl (C=O) groups is 3. The first-order chi connectivity index (χ1) is 26.8. The number of imide groups is 1. The summed E-state index contributed by atoms with van der Waals surface area (Å²) in [6.07, 6.45) is 2.79. The van der Waals surface area contributed by atoms with Gasteiger partial charge >= 0.3 is 0 Å². The van der Waals surface area contributed by atoms with Crippen molar-refractivity contribution in [1.82, 2.24) is 10.2 Å². The normalized spacial score (nSPS) is 15.3. The molecule has 0 spiro atoms. The highest BCUT2D eigenvalue weighted by Crippen LogP contribution is 2.47. The molecule has 12 nitrogen and oxygen atoms in total. The lowest BCUT2D eigenvalue weighted by Gasteiger charge is -2.29. The summed E-state index contributed by atoms with van der Waals surface area (Å²) in [5, 5.41) is 23.0. The number of benzene rings is 4. The summed E-state index contributed by atoms with van der Waals surface area (Å²) < 4.78 is 30.5. The molecular formula is C42H42N2O10S. The Kier molecular flexibility index (Phi) is 12.1. The minimum Gasteiger partial charge on any atom is -0.508 e. The molecule has 286 valence electrons. The molecule has 3 amide bonds. The molecule has 1 unspecified atom stereocenters. The van der Waals surface area contributed by atoms with Crippen LogP contribution in [0.4, 0.5) is 0 Å². The maximum Gasteiger partial charge on any atom is 0.255 e. The molecule has 1 fully saturated rings. The molecule has 1 atom stereocenters. The van der Waals surface area contributed by atoms with Crippen LogP contribution in [-0.2, 0) is 25.6 Å². The lowest BCUT2D eigenvalue weighted by Crippen LogP contribution is -2.52. The van der Waals surface area contributed by atoms with Crippen molar-refractivity contribution in [3.63, 3.8) is 0 Å². The van der Waals surface area contributed by atoms with E-state index in [1.54, 1.807) is 36.4 Å². The van der Waals surface area contributed by atoms with E-state index in [-0.39, 0.29) is 29.7 Å². The Hall–Kier alpha value is -5.63. The first-order valence-electron chi connectivity index (χ1n) is 18.3. The highest BCUT2D eigenvalue weighted by Gasteiger charge is 2.39. The van der Waals surface area contributed by atoms with Crippen molar-refractivity contribution in [3.05, 3.63) is 96.1 Å². The molecule has 3 heterocycles. The fraction of sp³-hybridized carbons (Fsp3) is 0.310. The van der Waals surface area contributed by atoms with Gasteiger partial charge in [-0.15, -0.1) is 11.3 Å². The first kappa shape index (κ1) is 37.7. The molecule has 4 aromatic carbocycles. The predicted octanol–water partition coefficient (Wildman–Crippen LogP) is 7.19. The SMILES string of the molecule is O=C1CCC(N2Cc3cc(OCCCOCCCOCCCOc4ccc(Oc5c(-c6ccc(O)cc6)sc6cc(O)ccc56)cc4)ccc3C2=O)C(=O)N1. The average Bonchev–Trinajstić information content (AvgIpc) is 3.70. The van der Waals surface area contributed by atoms with Crippen LogP contribution in [0.25, 0.3) is 20.5 Å². The van der Waals surface area contributed by atoms with Gasteiger partial charge in [0.15, 0.2) is 5.75 Å². The number of rotatable bonds is 18. The lowest BCUT2D eigenvalue weighted by molar-refractivity contribution is -0.136. The number of ether oxygens (including phenoxy) is 5. The number of phenols is 2. The summed E-state index contributed by atoms with van der Waals surface area (Å²) in [4.78, 5) is 39.0. The monoisotopic (exact) mass is 766 g/mol. The Morgan fingerprint density at radius 3 is 2.05 bits per heavy atom. The zero-order valence-corrected chi connectivity index (χ0v) is 31.0. The quantitative estimate of drug-likeness (QED) is 0.0617. The van der Waals surface area contributed by atoms with Crippen LogP contribution in [0.3, 0.4) is 0 Å². The van der Waals surface area contributed by atoms with E-state index in [9.17, 15) is 24.6 Å². The van der Waals surface area contributed by atoms with Crippen molar-refractivity contribution in [2.24, 2.45) is 0 Å². The second kappa shape index (κ2) is 17.7. The average molecular weight is 767 g/mol. The molecule has 3 N–H and O–H groups in total. The third kappa shape index (κ3) is 9.37. The van der Waals surface area contributed by atoms with Gasteiger partial charge in [0.05, 0.1) is 18.1 Å². The number of amides is 3. The minimum atomic E-state index is -0.636. The van der Waals surface area contributed by atoms with Gasteiger partial charge in [0.25, 0.3) is 5.91 Å². The first-order valence-corrected chi connectivity index (χ1v) is 19.2. The Morgan fingerprint density at radius 1 is 0.709 bits per heavy atom. The molecule has 55 heavy (non-hydrogen) atoms. The number of phenolic OH excluding ortho intramolecular Hbond substituents is 2. The van der Waals surface area contributed by atoms with Gasteiger partial charge in [-0.05, 0) is 109 Å². The molecule has 1 aromatic heterocycles. The topological polar surface area (TPSA) is 153 Å². The van der Waals surface area contributed by atoms with Crippen LogP contribution < -0.4 is 19.5 Å². The molecule has 0 saturated carbocycles. The van der Waals surface area contributed by atoms with Crippen molar-refractivity contribution in [3.8, 4) is 44.9 Å². The molecule has 2 aliphatic heterocycles. The van der Waals surface area contributed by atoms with E-state index in [2.05, 4.69) is 5.32 Å². The second-order valence-corrected chi connectivity index (χ2v) is 14.3. The highest BCUT2D eigenvalue weighted by atomic mass is 32.1. The number of thiophene rings is 1. The number of nitrogens with zero attached hydrogens (tertiary/aromatic N) is 1. The molecule has 5 aromatic rings. The Labute approximate surface area is 322 Å². The van der Waals surface area contributed by atoms with Crippen LogP contribution in [0.5, 0.6) is 34.5 Å². The van der Waals surface area contributed by atoms with Gasteiger partial charge in [0, 0.05) is 67.9 Å². The van der Waals surface area contributed by atoms with Gasteiger partial charge in [-0.3, -0.25) is 19.7 Å². The van der Waals surface area contributed by atoms with Crippen LogP contribution in [0, 0.1) is 0 Å². The van der Waals surface area contributed by atoms with Crippen molar-refractivity contribution >= 4 is 39.1 Å². The Balaban J connectivity index is 0.742. The smallest absolute Gasteiger partial charge is 0.255 e. The number of aromatic hydroxyl groups is 2. The highest BCUT2D eigenvalue weighted by molar-refractivity contribution is 7.22. The zero-order valence-electron chi connectivity index (χ0n) is 30.2. The van der Waals surface area contributed by atoms with E-state index < -0.39 is 11.9 Å². The van der Waals surface area contributed by atoms with Gasteiger partial charge in [-0.1, -0.05) is 0 Å². The maximum absolute atomic E-state index is 12.9. The number of fused-ring (bicyclic) bond motifs is 2. The van der Waals surface area contributed by atoms with E-state index in [1.807, 2.05) is 48.5 Å². The van der Waals surface area contributed by atoms with Crippen LogP contribution in [-0.4, -0.2) is 78.5 Å². The molecular weight excluding hydrogens is 725 g/mol. The number of carbonyl (C=O) groups excluding carboxylic acids is 3. The summed E-state index contributed by atoms with van der Waals surface area (Å²) in [5.41, 5.74) is 2.27. The van der Waals surface area contributed by atoms with E-state index in [0.29, 0.717) is 81.8 Å². The summed E-state index contributed by atoms with van der Waals surface area (Å²) in [6, 6.07) is 24.3. The van der Waals surface area contributed by atoms with Crippen LogP contribution in [0.1, 0.15) is 48.0 Å². The number of nitrogens with one attached hydrogen (secondary N) is 1. The van der Waals surface area contributed by atoms with Gasteiger partial charge in [-0.2, -0.15) is 0 Å². The predicted molar refractivity (Wildman–Crippen MR) is 206 cm³/mol. The Morgan fingerprint density at radius 2 is 1.35 bits per heavy atom. The standard InChI is InChI=1S/C42H42N2O10S/c45-29-6-4-27(5-7-29)40-39(35-14-8-30(46)25-37(35)55-40)54-32-11-9-31(10-12-32)52-22-2-20-50-18-1-19-51-21-3-23-53-33-13-15-34-28(24-33)26-44(42(34)49)36-16-17-38(47)43-41(36)48/h4-15,24-25,36,45-46H,1-3,16-23,26H2,(H,43,47,48). The minimum absolute atomic E-state index is 0.188. The van der Waals surface area contributed by atoms with Crippen molar-refractivity contribution in [2.45, 2.75) is 44.7 Å². The molecule has 13 heteroatoms. The largest absolute Gasteiger partial charge is 0.508 e. The number of piperidine rings is 1. The van der Waals surface area contributed by atoms with Crippen molar-refractivity contribution < 1.29 is 48.3 Å².